The van der Waals surface area contributed by atoms with Crippen LogP contribution in [0.15, 0.2) is 12.4 Å². The molecule has 0 bridgehead atoms. The van der Waals surface area contributed by atoms with Gasteiger partial charge in [-0.3, -0.25) is 9.48 Å². The number of aromatic nitrogens is 2. The molecule has 0 saturated carbocycles. The molecule has 0 aliphatic heterocycles. The van der Waals surface area contributed by atoms with Gasteiger partial charge < -0.3 is 4.79 Å². The molecule has 1 atom stereocenters. The Morgan fingerprint density at radius 3 is 2.64 bits per heavy atom. The molecule has 1 aromatic rings. The van der Waals surface area contributed by atoms with Gasteiger partial charge in [-0.2, -0.15) is 5.10 Å². The summed E-state index contributed by atoms with van der Waals surface area (Å²) in [6.45, 7) is 3.25. The number of nitrogens with zero attached hydrogens (tertiary/aromatic N) is 2. The van der Waals surface area contributed by atoms with Crippen LogP contribution in [0.3, 0.4) is 0 Å². The molecule has 4 heteroatoms. The lowest BCUT2D eigenvalue weighted by Gasteiger charge is -2.05. The van der Waals surface area contributed by atoms with Gasteiger partial charge in [-0.25, -0.2) is 0 Å². The normalized spacial score (nSPS) is 12.5. The lowest BCUT2D eigenvalue weighted by Crippen LogP contribution is -2.13. The molecule has 0 N–H and O–H groups in total. The SMILES string of the molecule is CC(=O)CC(C)C(=O)c1cnn(C)c1. The van der Waals surface area contributed by atoms with Gasteiger partial charge in [-0.05, 0) is 6.92 Å². The zero-order chi connectivity index (χ0) is 10.7. The van der Waals surface area contributed by atoms with E-state index in [2.05, 4.69) is 5.10 Å². The van der Waals surface area contributed by atoms with Crippen molar-refractivity contribution in [2.24, 2.45) is 13.0 Å². The number of rotatable bonds is 4. The van der Waals surface area contributed by atoms with Crippen LogP contribution in [0.2, 0.25) is 0 Å². The summed E-state index contributed by atoms with van der Waals surface area (Å²) in [5.74, 6) is -0.236. The monoisotopic (exact) mass is 194 g/mol. The Morgan fingerprint density at radius 1 is 1.57 bits per heavy atom. The summed E-state index contributed by atoms with van der Waals surface area (Å²) in [6.07, 6.45) is 3.49. The molecule has 1 unspecified atom stereocenters. The van der Waals surface area contributed by atoms with Crippen molar-refractivity contribution >= 4 is 11.6 Å². The number of carbonyl (C=O) groups is 2. The minimum absolute atomic E-state index is 0.0201. The minimum atomic E-state index is -0.253. The summed E-state index contributed by atoms with van der Waals surface area (Å²) < 4.78 is 1.58. The highest BCUT2D eigenvalue weighted by molar-refractivity contribution is 5.99. The Hall–Kier alpha value is -1.45. The van der Waals surface area contributed by atoms with Crippen LogP contribution in [-0.2, 0) is 11.8 Å². The first kappa shape index (κ1) is 10.6. The quantitative estimate of drug-likeness (QED) is 0.677. The van der Waals surface area contributed by atoms with Crippen LogP contribution in [0, 0.1) is 5.92 Å². The molecule has 0 saturated heterocycles. The van der Waals surface area contributed by atoms with E-state index in [4.69, 9.17) is 0 Å². The minimum Gasteiger partial charge on any atom is -0.300 e. The average molecular weight is 194 g/mol. The van der Waals surface area contributed by atoms with Crippen molar-refractivity contribution in [3.05, 3.63) is 18.0 Å². The Labute approximate surface area is 82.9 Å². The van der Waals surface area contributed by atoms with Gasteiger partial charge in [0, 0.05) is 25.6 Å². The van der Waals surface area contributed by atoms with E-state index in [-0.39, 0.29) is 17.5 Å². The van der Waals surface area contributed by atoms with E-state index < -0.39 is 0 Å². The lowest BCUT2D eigenvalue weighted by atomic mass is 9.97. The van der Waals surface area contributed by atoms with Gasteiger partial charge in [-0.15, -0.1) is 0 Å². The summed E-state index contributed by atoms with van der Waals surface area (Å²) >= 11 is 0. The number of Topliss-reactive ketones (excluding diaryl/α,β-unsaturated/α-hetero) is 2. The molecular weight excluding hydrogens is 180 g/mol. The van der Waals surface area contributed by atoms with Gasteiger partial charge >= 0.3 is 0 Å². The van der Waals surface area contributed by atoms with Crippen LogP contribution in [-0.4, -0.2) is 21.3 Å². The van der Waals surface area contributed by atoms with Crippen LogP contribution in [0.5, 0.6) is 0 Å². The molecule has 76 valence electrons. The van der Waals surface area contributed by atoms with Gasteiger partial charge in [0.15, 0.2) is 5.78 Å². The number of hydrogen-bond acceptors (Lipinski definition) is 3. The van der Waals surface area contributed by atoms with E-state index in [1.807, 2.05) is 0 Å². The highest BCUT2D eigenvalue weighted by Gasteiger charge is 2.17. The molecule has 0 aromatic carbocycles. The van der Waals surface area contributed by atoms with Crippen LogP contribution in [0.4, 0.5) is 0 Å². The second-order valence-electron chi connectivity index (χ2n) is 3.57. The van der Waals surface area contributed by atoms with Gasteiger partial charge in [0.2, 0.25) is 0 Å². The van der Waals surface area contributed by atoms with Crippen LogP contribution in [0.25, 0.3) is 0 Å². The van der Waals surface area contributed by atoms with Crippen LogP contribution >= 0.6 is 0 Å². The van der Waals surface area contributed by atoms with Crippen molar-refractivity contribution < 1.29 is 9.59 Å². The first-order valence-electron chi connectivity index (χ1n) is 4.53. The van der Waals surface area contributed by atoms with E-state index in [1.165, 1.54) is 13.1 Å². The maximum absolute atomic E-state index is 11.7. The molecule has 0 spiro atoms. The molecule has 1 rings (SSSR count). The fourth-order valence-corrected chi connectivity index (χ4v) is 1.36. The molecular formula is C10H14N2O2. The third-order valence-electron chi connectivity index (χ3n) is 2.03. The first-order valence-corrected chi connectivity index (χ1v) is 4.53. The Bertz CT molecular complexity index is 355. The largest absolute Gasteiger partial charge is 0.300 e. The van der Waals surface area contributed by atoms with Crippen molar-refractivity contribution in [1.29, 1.82) is 0 Å². The van der Waals surface area contributed by atoms with E-state index in [0.29, 0.717) is 12.0 Å². The fraction of sp³-hybridized carbons (Fsp3) is 0.500. The van der Waals surface area contributed by atoms with E-state index in [1.54, 1.807) is 24.9 Å². The van der Waals surface area contributed by atoms with Gasteiger partial charge in [0.1, 0.15) is 5.78 Å². The zero-order valence-corrected chi connectivity index (χ0v) is 8.65. The highest BCUT2D eigenvalue weighted by atomic mass is 16.1. The molecule has 1 aromatic heterocycles. The van der Waals surface area contributed by atoms with E-state index in [9.17, 15) is 9.59 Å². The Kier molecular flexibility index (Phi) is 3.17. The molecule has 0 radical (unpaired) electrons. The first-order chi connectivity index (χ1) is 6.50. The number of ketones is 2. The zero-order valence-electron chi connectivity index (χ0n) is 8.65. The Morgan fingerprint density at radius 2 is 2.21 bits per heavy atom. The summed E-state index contributed by atoms with van der Waals surface area (Å²) in [5.41, 5.74) is 0.571. The number of carbonyl (C=O) groups excluding carboxylic acids is 2. The van der Waals surface area contributed by atoms with Crippen molar-refractivity contribution in [2.75, 3.05) is 0 Å². The predicted molar refractivity (Wildman–Crippen MR) is 52.0 cm³/mol. The molecule has 1 heterocycles. The van der Waals surface area contributed by atoms with Gasteiger partial charge in [0.05, 0.1) is 11.8 Å². The van der Waals surface area contributed by atoms with Crippen LogP contribution < -0.4 is 0 Å². The van der Waals surface area contributed by atoms with E-state index >= 15 is 0 Å². The van der Waals surface area contributed by atoms with Crippen molar-refractivity contribution in [3.63, 3.8) is 0 Å². The maximum Gasteiger partial charge on any atom is 0.169 e. The molecule has 14 heavy (non-hydrogen) atoms. The summed E-state index contributed by atoms with van der Waals surface area (Å²) in [5, 5.41) is 3.91. The van der Waals surface area contributed by atoms with E-state index in [0.717, 1.165) is 0 Å². The van der Waals surface area contributed by atoms with Crippen molar-refractivity contribution in [1.82, 2.24) is 9.78 Å². The topological polar surface area (TPSA) is 52.0 Å². The second-order valence-corrected chi connectivity index (χ2v) is 3.57. The lowest BCUT2D eigenvalue weighted by molar-refractivity contribution is -0.117. The third kappa shape index (κ3) is 2.52. The van der Waals surface area contributed by atoms with Crippen LogP contribution in [0.1, 0.15) is 30.6 Å². The maximum atomic E-state index is 11.7. The average Bonchev–Trinajstić information content (AvgIpc) is 2.49. The fourth-order valence-electron chi connectivity index (χ4n) is 1.36. The summed E-state index contributed by atoms with van der Waals surface area (Å²) in [7, 11) is 1.76. The van der Waals surface area contributed by atoms with Crippen molar-refractivity contribution in [3.8, 4) is 0 Å². The van der Waals surface area contributed by atoms with Gasteiger partial charge in [0.25, 0.3) is 0 Å². The number of hydrogen-bond donors (Lipinski definition) is 0. The highest BCUT2D eigenvalue weighted by Crippen LogP contribution is 2.11. The second kappa shape index (κ2) is 4.17. The summed E-state index contributed by atoms with van der Waals surface area (Å²) in [4.78, 5) is 22.5. The number of aryl methyl sites for hydroxylation is 1. The summed E-state index contributed by atoms with van der Waals surface area (Å²) in [6, 6.07) is 0. The molecule has 0 aliphatic carbocycles. The van der Waals surface area contributed by atoms with Crippen molar-refractivity contribution in [2.45, 2.75) is 20.3 Å². The Balaban J connectivity index is 2.70. The van der Waals surface area contributed by atoms with Gasteiger partial charge in [-0.1, -0.05) is 6.92 Å². The third-order valence-corrected chi connectivity index (χ3v) is 2.03. The molecule has 4 nitrogen and oxygen atoms in total. The molecule has 0 aliphatic rings. The standard InChI is InChI=1S/C10H14N2O2/c1-7(4-8(2)13)10(14)9-5-11-12(3)6-9/h5-7H,4H2,1-3H3. The molecule has 0 fully saturated rings. The smallest absolute Gasteiger partial charge is 0.169 e. The molecule has 0 amide bonds. The predicted octanol–water partition coefficient (Wildman–Crippen LogP) is 1.22.